The topological polar surface area (TPSA) is 71.5 Å². The number of nitrogens with zero attached hydrogens (tertiary/aromatic N) is 1. The van der Waals surface area contributed by atoms with Gasteiger partial charge >= 0.3 is 0 Å². The van der Waals surface area contributed by atoms with Gasteiger partial charge in [0.2, 0.25) is 9.84 Å². The number of thioether (sulfide) groups is 1. The quantitative estimate of drug-likeness (QED) is 0.414. The van der Waals surface area contributed by atoms with Gasteiger partial charge in [0.15, 0.2) is 0 Å². The molecular weight excluding hydrogens is 486 g/mol. The van der Waals surface area contributed by atoms with E-state index in [1.165, 1.54) is 10.5 Å². The molecule has 0 amide bonds. The molecule has 0 aliphatic carbocycles. The number of sulfonamides is 1. The highest BCUT2D eigenvalue weighted by atomic mass is 32.3. The number of sulfone groups is 1. The van der Waals surface area contributed by atoms with E-state index in [9.17, 15) is 16.8 Å². The summed E-state index contributed by atoms with van der Waals surface area (Å²) in [6.45, 7) is 7.65. The molecule has 0 bridgehead atoms. The molecule has 1 aliphatic heterocycles. The number of hydrogen-bond donors (Lipinski definition) is 0. The molecule has 0 spiro atoms. The minimum atomic E-state index is -4.04. The van der Waals surface area contributed by atoms with E-state index < -0.39 is 25.9 Å². The molecule has 4 rings (SSSR count). The summed E-state index contributed by atoms with van der Waals surface area (Å²) in [5.41, 5.74) is 2.66. The lowest BCUT2D eigenvalue weighted by atomic mass is 9.96. The van der Waals surface area contributed by atoms with E-state index in [1.54, 1.807) is 48.5 Å². The van der Waals surface area contributed by atoms with Crippen molar-refractivity contribution < 1.29 is 16.8 Å². The van der Waals surface area contributed by atoms with Crippen molar-refractivity contribution in [2.75, 3.05) is 0 Å². The second-order valence-corrected chi connectivity index (χ2v) is 13.8. The first-order valence-corrected chi connectivity index (χ1v) is 14.7. The molecular formula is C26H27NO4S3. The Morgan fingerprint density at radius 3 is 1.85 bits per heavy atom. The molecule has 34 heavy (non-hydrogen) atoms. The maximum Gasteiger partial charge on any atom is 0.264 e. The summed E-state index contributed by atoms with van der Waals surface area (Å²) in [6.07, 6.45) is 1.31. The Labute approximate surface area is 206 Å². The second-order valence-electron chi connectivity index (χ2n) is 8.74. The SMILES string of the molecule is Cc1ccc(S(=O)(=O)C2=CN(S(=O)(=O)c3ccc(C)cc3)[C@H](C(C)C)c3ccccc3S2)cc1. The first-order valence-electron chi connectivity index (χ1n) is 10.9. The van der Waals surface area contributed by atoms with Crippen LogP contribution in [0.2, 0.25) is 0 Å². The van der Waals surface area contributed by atoms with Crippen LogP contribution in [-0.4, -0.2) is 21.1 Å². The molecule has 0 saturated heterocycles. The standard InChI is InChI=1S/C26H27NO4S3/c1-18(2)26-23-7-5-6-8-24(23)32-25(33(28,29)21-13-9-19(3)10-14-21)17-27(26)34(30,31)22-15-11-20(4)12-16-22/h5-18,26H,1-4H3/t26-/m1/s1. The predicted octanol–water partition coefficient (Wildman–Crippen LogP) is 6.07. The molecule has 5 nitrogen and oxygen atoms in total. The van der Waals surface area contributed by atoms with E-state index in [1.807, 2.05) is 52.0 Å². The van der Waals surface area contributed by atoms with Gasteiger partial charge in [0.05, 0.1) is 15.8 Å². The molecule has 0 N–H and O–H groups in total. The van der Waals surface area contributed by atoms with Crippen LogP contribution in [0.4, 0.5) is 0 Å². The van der Waals surface area contributed by atoms with Gasteiger partial charge in [-0.1, -0.05) is 79.2 Å². The molecule has 3 aromatic carbocycles. The molecule has 178 valence electrons. The van der Waals surface area contributed by atoms with Crippen LogP contribution in [0.5, 0.6) is 0 Å². The molecule has 8 heteroatoms. The van der Waals surface area contributed by atoms with Gasteiger partial charge < -0.3 is 0 Å². The van der Waals surface area contributed by atoms with E-state index in [2.05, 4.69) is 0 Å². The van der Waals surface area contributed by atoms with E-state index in [-0.39, 0.29) is 19.9 Å². The summed E-state index contributed by atoms with van der Waals surface area (Å²) in [4.78, 5) is 0.978. The first-order chi connectivity index (χ1) is 16.0. The molecule has 0 saturated carbocycles. The van der Waals surface area contributed by atoms with Crippen molar-refractivity contribution in [3.63, 3.8) is 0 Å². The van der Waals surface area contributed by atoms with Crippen LogP contribution in [-0.2, 0) is 19.9 Å². The third-order valence-corrected chi connectivity index (χ3v) is 10.9. The van der Waals surface area contributed by atoms with Crippen molar-refractivity contribution in [2.45, 2.75) is 48.4 Å². The number of aryl methyl sites for hydroxylation is 2. The van der Waals surface area contributed by atoms with Crippen LogP contribution in [0.1, 0.15) is 36.6 Å². The third-order valence-electron chi connectivity index (χ3n) is 5.78. The zero-order valence-electron chi connectivity index (χ0n) is 19.5. The molecule has 0 radical (unpaired) electrons. The first kappa shape index (κ1) is 24.6. The largest absolute Gasteiger partial charge is 0.264 e. The number of hydrogen-bond acceptors (Lipinski definition) is 5. The molecule has 0 aromatic heterocycles. The summed E-state index contributed by atoms with van der Waals surface area (Å²) < 4.78 is 56.4. The van der Waals surface area contributed by atoms with Crippen molar-refractivity contribution in [2.24, 2.45) is 5.92 Å². The fraction of sp³-hybridized carbons (Fsp3) is 0.231. The van der Waals surface area contributed by atoms with Gasteiger partial charge in [0, 0.05) is 11.1 Å². The van der Waals surface area contributed by atoms with Crippen molar-refractivity contribution in [1.82, 2.24) is 4.31 Å². The lowest BCUT2D eigenvalue weighted by molar-refractivity contribution is 0.321. The minimum Gasteiger partial charge on any atom is -0.264 e. The summed E-state index contributed by atoms with van der Waals surface area (Å²) in [5, 5.41) is 0. The van der Waals surface area contributed by atoms with Gasteiger partial charge in [-0.2, -0.15) is 0 Å². The summed E-state index contributed by atoms with van der Waals surface area (Å²) in [7, 11) is -8.00. The molecule has 1 aliphatic rings. The maximum absolute atomic E-state index is 13.9. The maximum atomic E-state index is 13.9. The fourth-order valence-corrected chi connectivity index (χ4v) is 8.50. The van der Waals surface area contributed by atoms with Crippen LogP contribution in [0.25, 0.3) is 0 Å². The zero-order valence-corrected chi connectivity index (χ0v) is 21.9. The van der Waals surface area contributed by atoms with Crippen LogP contribution in [0.15, 0.2) is 97.9 Å². The number of benzene rings is 3. The van der Waals surface area contributed by atoms with Gasteiger partial charge in [-0.25, -0.2) is 16.8 Å². The van der Waals surface area contributed by atoms with Crippen LogP contribution in [0.3, 0.4) is 0 Å². The number of rotatable bonds is 5. The van der Waals surface area contributed by atoms with Gasteiger partial charge in [-0.15, -0.1) is 0 Å². The molecule has 1 atom stereocenters. The average molecular weight is 514 g/mol. The Hall–Kier alpha value is -2.55. The monoisotopic (exact) mass is 513 g/mol. The second kappa shape index (κ2) is 9.24. The molecule has 0 unspecified atom stereocenters. The highest BCUT2D eigenvalue weighted by Crippen LogP contribution is 2.46. The van der Waals surface area contributed by atoms with Crippen molar-refractivity contribution >= 4 is 31.6 Å². The Balaban J connectivity index is 1.97. The van der Waals surface area contributed by atoms with Crippen LogP contribution >= 0.6 is 11.8 Å². The Morgan fingerprint density at radius 2 is 1.29 bits per heavy atom. The van der Waals surface area contributed by atoms with Gasteiger partial charge in [-0.05, 0) is 55.7 Å². The van der Waals surface area contributed by atoms with Gasteiger partial charge in [-0.3, -0.25) is 4.31 Å². The lowest BCUT2D eigenvalue weighted by Crippen LogP contribution is -2.33. The molecule has 1 heterocycles. The lowest BCUT2D eigenvalue weighted by Gasteiger charge is -2.32. The minimum absolute atomic E-state index is 0.0253. The highest BCUT2D eigenvalue weighted by Gasteiger charge is 2.38. The smallest absolute Gasteiger partial charge is 0.264 e. The van der Waals surface area contributed by atoms with E-state index >= 15 is 0 Å². The highest BCUT2D eigenvalue weighted by molar-refractivity contribution is 8.18. The molecule has 0 fully saturated rings. The van der Waals surface area contributed by atoms with Gasteiger partial charge in [0.1, 0.15) is 4.24 Å². The Bertz CT molecular complexity index is 1440. The molecule has 3 aromatic rings. The van der Waals surface area contributed by atoms with Crippen LogP contribution < -0.4 is 0 Å². The van der Waals surface area contributed by atoms with Crippen molar-refractivity contribution in [3.05, 3.63) is 99.9 Å². The fourth-order valence-electron chi connectivity index (χ4n) is 3.94. The van der Waals surface area contributed by atoms with E-state index in [0.717, 1.165) is 33.3 Å². The van der Waals surface area contributed by atoms with Gasteiger partial charge in [0.25, 0.3) is 10.0 Å². The summed E-state index contributed by atoms with van der Waals surface area (Å²) in [5.74, 6) is -0.111. The Kier molecular flexibility index (Phi) is 6.68. The summed E-state index contributed by atoms with van der Waals surface area (Å²) in [6, 6.07) is 20.0. The Morgan fingerprint density at radius 1 is 0.765 bits per heavy atom. The van der Waals surface area contributed by atoms with Crippen molar-refractivity contribution in [1.29, 1.82) is 0 Å². The normalized spacial score (nSPS) is 16.7. The number of fused-ring (bicyclic) bond motifs is 1. The van der Waals surface area contributed by atoms with E-state index in [4.69, 9.17) is 0 Å². The summed E-state index contributed by atoms with van der Waals surface area (Å²) >= 11 is 1.09. The average Bonchev–Trinajstić information content (AvgIpc) is 2.98. The third kappa shape index (κ3) is 4.54. The predicted molar refractivity (Wildman–Crippen MR) is 137 cm³/mol. The van der Waals surface area contributed by atoms with Crippen molar-refractivity contribution in [3.8, 4) is 0 Å². The zero-order chi connectivity index (χ0) is 24.7. The van der Waals surface area contributed by atoms with E-state index in [0.29, 0.717) is 0 Å². The van der Waals surface area contributed by atoms with Crippen LogP contribution in [0, 0.1) is 19.8 Å².